The second-order valence-electron chi connectivity index (χ2n) is 6.97. The van der Waals surface area contributed by atoms with E-state index in [1.807, 2.05) is 30.3 Å². The maximum Gasteiger partial charge on any atom is 0.274 e. The Morgan fingerprint density at radius 1 is 0.967 bits per heavy atom. The van der Waals surface area contributed by atoms with Gasteiger partial charge in [-0.2, -0.15) is 0 Å². The van der Waals surface area contributed by atoms with Gasteiger partial charge in [0.1, 0.15) is 5.82 Å². The summed E-state index contributed by atoms with van der Waals surface area (Å²) in [5, 5.41) is 8.91. The Hall–Kier alpha value is -3.77. The first kappa shape index (κ1) is 19.5. The van der Waals surface area contributed by atoms with E-state index in [0.717, 1.165) is 11.1 Å². The molecule has 0 spiro atoms. The number of rotatable bonds is 4. The van der Waals surface area contributed by atoms with E-state index >= 15 is 0 Å². The summed E-state index contributed by atoms with van der Waals surface area (Å²) in [6, 6.07) is 20.2. The van der Waals surface area contributed by atoms with Crippen molar-refractivity contribution in [2.24, 2.45) is 0 Å². The van der Waals surface area contributed by atoms with Crippen LogP contribution < -0.4 is 10.4 Å². The monoisotopic (exact) mass is 402 g/mol. The zero-order valence-electron chi connectivity index (χ0n) is 16.0. The number of fused-ring (bicyclic) bond motifs is 1. The second kappa shape index (κ2) is 8.31. The van der Waals surface area contributed by atoms with Crippen molar-refractivity contribution in [2.45, 2.75) is 6.42 Å². The van der Waals surface area contributed by atoms with Crippen molar-refractivity contribution in [3.63, 3.8) is 0 Å². The van der Waals surface area contributed by atoms with Gasteiger partial charge in [0.25, 0.3) is 11.8 Å². The van der Waals surface area contributed by atoms with Crippen LogP contribution in [0.25, 0.3) is 11.6 Å². The lowest BCUT2D eigenvalue weighted by atomic mass is 10.0. The van der Waals surface area contributed by atoms with E-state index in [1.54, 1.807) is 46.8 Å². The number of hydrogen-bond donors (Lipinski definition) is 2. The van der Waals surface area contributed by atoms with Gasteiger partial charge in [0, 0.05) is 23.4 Å². The number of hydroxylamine groups is 1. The lowest BCUT2D eigenvalue weighted by Gasteiger charge is -2.20. The Bertz CT molecular complexity index is 1140. The van der Waals surface area contributed by atoms with E-state index < -0.39 is 11.7 Å². The highest BCUT2D eigenvalue weighted by Crippen LogP contribution is 2.33. The van der Waals surface area contributed by atoms with Crippen molar-refractivity contribution in [3.05, 3.63) is 101 Å². The van der Waals surface area contributed by atoms with Crippen LogP contribution in [0, 0.1) is 5.82 Å². The van der Waals surface area contributed by atoms with Gasteiger partial charge in [0.15, 0.2) is 0 Å². The van der Waals surface area contributed by atoms with Crippen LogP contribution in [0.5, 0.6) is 0 Å². The van der Waals surface area contributed by atoms with Crippen LogP contribution in [0.3, 0.4) is 0 Å². The molecule has 30 heavy (non-hydrogen) atoms. The van der Waals surface area contributed by atoms with Crippen molar-refractivity contribution in [1.29, 1.82) is 0 Å². The standard InChI is InChI=1S/C24H19FN2O3/c25-20-8-4-7-18(14-20)21(13-16-5-2-1-3-6-16)24(29)27-12-11-17-9-10-19(15-22(17)27)23(28)26-30/h1-10,13-15,30H,11-12H2,(H,26,28). The Balaban J connectivity index is 1.77. The molecule has 2 N–H and O–H groups in total. The molecular formula is C24H19FN2O3. The van der Waals surface area contributed by atoms with E-state index in [0.29, 0.717) is 29.8 Å². The first-order valence-electron chi connectivity index (χ1n) is 9.49. The third-order valence-corrected chi connectivity index (χ3v) is 5.07. The molecular weight excluding hydrogens is 383 g/mol. The van der Waals surface area contributed by atoms with Crippen LogP contribution in [0.4, 0.5) is 10.1 Å². The maximum absolute atomic E-state index is 13.9. The number of hydrogen-bond acceptors (Lipinski definition) is 3. The number of amides is 2. The van der Waals surface area contributed by atoms with Gasteiger partial charge in [0.2, 0.25) is 0 Å². The summed E-state index contributed by atoms with van der Waals surface area (Å²) in [6.45, 7) is 0.444. The fourth-order valence-electron chi connectivity index (χ4n) is 3.58. The molecule has 1 aliphatic rings. The van der Waals surface area contributed by atoms with Gasteiger partial charge in [-0.25, -0.2) is 9.87 Å². The molecule has 2 amide bonds. The molecule has 6 heteroatoms. The van der Waals surface area contributed by atoms with Gasteiger partial charge in [0.05, 0.1) is 0 Å². The lowest BCUT2D eigenvalue weighted by molar-refractivity contribution is -0.113. The molecule has 0 unspecified atom stereocenters. The highest BCUT2D eigenvalue weighted by atomic mass is 19.1. The number of anilines is 1. The molecule has 0 radical (unpaired) electrons. The maximum atomic E-state index is 13.9. The quantitative estimate of drug-likeness (QED) is 0.299. The second-order valence-corrected chi connectivity index (χ2v) is 6.97. The van der Waals surface area contributed by atoms with Gasteiger partial charge in [-0.15, -0.1) is 0 Å². The molecule has 0 saturated heterocycles. The SMILES string of the molecule is O=C(NO)c1ccc2c(c1)N(C(=O)C(=Cc1ccccc1)c1cccc(F)c1)CC2. The Morgan fingerprint density at radius 3 is 2.50 bits per heavy atom. The Morgan fingerprint density at radius 2 is 1.77 bits per heavy atom. The summed E-state index contributed by atoms with van der Waals surface area (Å²) in [5.74, 6) is -1.37. The molecule has 5 nitrogen and oxygen atoms in total. The van der Waals surface area contributed by atoms with Crippen molar-refractivity contribution >= 4 is 29.2 Å². The first-order valence-corrected chi connectivity index (χ1v) is 9.49. The molecule has 0 fully saturated rings. The number of carbonyl (C=O) groups is 2. The van der Waals surface area contributed by atoms with Crippen molar-refractivity contribution in [1.82, 2.24) is 5.48 Å². The summed E-state index contributed by atoms with van der Waals surface area (Å²) in [5.41, 5.74) is 5.03. The Labute approximate surface area is 173 Å². The van der Waals surface area contributed by atoms with Crippen LogP contribution >= 0.6 is 0 Å². The zero-order chi connectivity index (χ0) is 21.1. The summed E-state index contributed by atoms with van der Waals surface area (Å²) in [6.07, 6.45) is 2.38. The van der Waals surface area contributed by atoms with Crippen molar-refractivity contribution in [2.75, 3.05) is 11.4 Å². The smallest absolute Gasteiger partial charge is 0.274 e. The summed E-state index contributed by atoms with van der Waals surface area (Å²) in [4.78, 5) is 27.0. The fraction of sp³-hybridized carbons (Fsp3) is 0.0833. The molecule has 0 aromatic heterocycles. The average Bonchev–Trinajstić information content (AvgIpc) is 3.20. The van der Waals surface area contributed by atoms with Crippen molar-refractivity contribution < 1.29 is 19.2 Å². The highest BCUT2D eigenvalue weighted by Gasteiger charge is 2.28. The van der Waals surface area contributed by atoms with E-state index in [9.17, 15) is 14.0 Å². The van der Waals surface area contributed by atoms with Gasteiger partial charge >= 0.3 is 0 Å². The predicted molar refractivity (Wildman–Crippen MR) is 112 cm³/mol. The van der Waals surface area contributed by atoms with Crippen LogP contribution in [0.2, 0.25) is 0 Å². The van der Waals surface area contributed by atoms with Gasteiger partial charge < -0.3 is 4.90 Å². The Kier molecular flexibility index (Phi) is 5.41. The average molecular weight is 402 g/mol. The van der Waals surface area contributed by atoms with Crippen molar-refractivity contribution in [3.8, 4) is 0 Å². The van der Waals surface area contributed by atoms with Crippen LogP contribution in [-0.2, 0) is 11.2 Å². The minimum atomic E-state index is -0.651. The normalized spacial score (nSPS) is 13.1. The molecule has 0 aliphatic carbocycles. The molecule has 0 atom stereocenters. The molecule has 0 bridgehead atoms. The third kappa shape index (κ3) is 3.86. The van der Waals surface area contributed by atoms with Gasteiger partial charge in [-0.05, 0) is 53.5 Å². The summed E-state index contributed by atoms with van der Waals surface area (Å²) in [7, 11) is 0. The van der Waals surface area contributed by atoms with Crippen LogP contribution in [-0.4, -0.2) is 23.6 Å². The molecule has 0 saturated carbocycles. The lowest BCUT2D eigenvalue weighted by Crippen LogP contribution is -2.30. The summed E-state index contributed by atoms with van der Waals surface area (Å²) >= 11 is 0. The van der Waals surface area contributed by atoms with Gasteiger partial charge in [-0.3, -0.25) is 14.8 Å². The van der Waals surface area contributed by atoms with E-state index in [1.165, 1.54) is 12.1 Å². The van der Waals surface area contributed by atoms with E-state index in [-0.39, 0.29) is 11.5 Å². The fourth-order valence-corrected chi connectivity index (χ4v) is 3.58. The number of benzene rings is 3. The third-order valence-electron chi connectivity index (χ3n) is 5.07. The molecule has 3 aromatic rings. The molecule has 4 rings (SSSR count). The topological polar surface area (TPSA) is 69.6 Å². The van der Waals surface area contributed by atoms with Crippen LogP contribution in [0.1, 0.15) is 27.0 Å². The summed E-state index contributed by atoms with van der Waals surface area (Å²) < 4.78 is 13.9. The molecule has 3 aromatic carbocycles. The number of nitrogens with zero attached hydrogens (tertiary/aromatic N) is 1. The van der Waals surface area contributed by atoms with Gasteiger partial charge in [-0.1, -0.05) is 48.5 Å². The van der Waals surface area contributed by atoms with Crippen LogP contribution in [0.15, 0.2) is 72.8 Å². The zero-order valence-corrected chi connectivity index (χ0v) is 16.0. The molecule has 1 aliphatic heterocycles. The minimum Gasteiger partial charge on any atom is -0.308 e. The molecule has 150 valence electrons. The van der Waals surface area contributed by atoms with E-state index in [4.69, 9.17) is 5.21 Å². The number of halogens is 1. The minimum absolute atomic E-state index is 0.246. The predicted octanol–water partition coefficient (Wildman–Crippen LogP) is 4.07. The first-order chi connectivity index (χ1) is 14.6. The van der Waals surface area contributed by atoms with E-state index in [2.05, 4.69) is 0 Å². The highest BCUT2D eigenvalue weighted by molar-refractivity contribution is 6.30. The largest absolute Gasteiger partial charge is 0.308 e. The molecule has 1 heterocycles. The number of nitrogens with one attached hydrogen (secondary N) is 1. The number of carbonyl (C=O) groups excluding carboxylic acids is 2.